The number of para-hydroxylation sites is 3. The van der Waals surface area contributed by atoms with E-state index in [-0.39, 0.29) is 12.5 Å². The van der Waals surface area contributed by atoms with Gasteiger partial charge in [-0.15, -0.1) is 0 Å². The lowest BCUT2D eigenvalue weighted by Gasteiger charge is -2.10. The fourth-order valence-electron chi connectivity index (χ4n) is 2.42. The third-order valence-corrected chi connectivity index (χ3v) is 4.93. The van der Waals surface area contributed by atoms with Gasteiger partial charge < -0.3 is 9.88 Å². The molecular weight excluding hydrogens is 318 g/mol. The van der Waals surface area contributed by atoms with E-state index in [0.29, 0.717) is 5.92 Å². The van der Waals surface area contributed by atoms with E-state index >= 15 is 0 Å². The van der Waals surface area contributed by atoms with Crippen LogP contribution in [0, 0.1) is 5.92 Å². The van der Waals surface area contributed by atoms with Gasteiger partial charge in [-0.3, -0.25) is 4.79 Å². The molecular formula is C19H21N3OS. The summed E-state index contributed by atoms with van der Waals surface area (Å²) >= 11 is 1.70. The predicted molar refractivity (Wildman–Crippen MR) is 100 cm³/mol. The van der Waals surface area contributed by atoms with Crippen molar-refractivity contribution in [1.29, 1.82) is 0 Å². The predicted octanol–water partition coefficient (Wildman–Crippen LogP) is 4.42. The van der Waals surface area contributed by atoms with Crippen molar-refractivity contribution in [3.63, 3.8) is 0 Å². The molecule has 1 aromatic heterocycles. The summed E-state index contributed by atoms with van der Waals surface area (Å²) in [6.45, 7) is 4.63. The molecule has 1 heterocycles. The third-order valence-electron chi connectivity index (χ3n) is 3.52. The van der Waals surface area contributed by atoms with Gasteiger partial charge in [0.1, 0.15) is 6.54 Å². The summed E-state index contributed by atoms with van der Waals surface area (Å²) in [7, 11) is 0. The van der Waals surface area contributed by atoms with E-state index in [2.05, 4.69) is 19.2 Å². The van der Waals surface area contributed by atoms with Gasteiger partial charge in [0, 0.05) is 11.4 Å². The molecule has 0 aliphatic heterocycles. The number of hydrogen-bond donors (Lipinski definition) is 1. The molecule has 1 N–H and O–H groups in total. The largest absolute Gasteiger partial charge is 0.325 e. The fraction of sp³-hybridized carbons (Fsp3) is 0.263. The van der Waals surface area contributed by atoms with E-state index in [0.717, 1.165) is 27.6 Å². The van der Waals surface area contributed by atoms with Gasteiger partial charge in [0.05, 0.1) is 11.0 Å². The van der Waals surface area contributed by atoms with Gasteiger partial charge in [-0.25, -0.2) is 4.98 Å². The number of nitrogens with one attached hydrogen (secondary N) is 1. The van der Waals surface area contributed by atoms with Crippen LogP contribution in [0.5, 0.6) is 0 Å². The van der Waals surface area contributed by atoms with Crippen LogP contribution < -0.4 is 5.32 Å². The van der Waals surface area contributed by atoms with E-state index in [1.807, 2.05) is 59.2 Å². The Morgan fingerprint density at radius 2 is 1.83 bits per heavy atom. The quantitative estimate of drug-likeness (QED) is 0.676. The Balaban J connectivity index is 1.83. The highest BCUT2D eigenvalue weighted by atomic mass is 32.2. The van der Waals surface area contributed by atoms with Crippen molar-refractivity contribution < 1.29 is 4.79 Å². The third kappa shape index (κ3) is 3.97. The SMILES string of the molecule is CC(C)CSc1nc2ccccc2n1CC(=O)Nc1ccccc1. The lowest BCUT2D eigenvalue weighted by molar-refractivity contribution is -0.116. The monoisotopic (exact) mass is 339 g/mol. The van der Waals surface area contributed by atoms with Crippen molar-refractivity contribution >= 4 is 34.4 Å². The molecule has 3 aromatic rings. The number of hydrogen-bond acceptors (Lipinski definition) is 3. The topological polar surface area (TPSA) is 46.9 Å². The van der Waals surface area contributed by atoms with Gasteiger partial charge in [-0.2, -0.15) is 0 Å². The number of aromatic nitrogens is 2. The van der Waals surface area contributed by atoms with Crippen molar-refractivity contribution in [3.8, 4) is 0 Å². The highest BCUT2D eigenvalue weighted by molar-refractivity contribution is 7.99. The molecule has 0 aliphatic carbocycles. The molecule has 0 spiro atoms. The lowest BCUT2D eigenvalue weighted by Crippen LogP contribution is -2.19. The van der Waals surface area contributed by atoms with Crippen LogP contribution in [0.25, 0.3) is 11.0 Å². The fourth-order valence-corrected chi connectivity index (χ4v) is 3.39. The molecule has 0 fully saturated rings. The number of carbonyl (C=O) groups is 1. The van der Waals surface area contributed by atoms with Crippen LogP contribution in [0.3, 0.4) is 0 Å². The Hall–Kier alpha value is -2.27. The van der Waals surface area contributed by atoms with Gasteiger partial charge in [0.15, 0.2) is 5.16 Å². The van der Waals surface area contributed by atoms with Crippen LogP contribution >= 0.6 is 11.8 Å². The van der Waals surface area contributed by atoms with Crippen LogP contribution in [-0.4, -0.2) is 21.2 Å². The molecule has 0 atom stereocenters. The zero-order valence-corrected chi connectivity index (χ0v) is 14.7. The molecule has 0 saturated heterocycles. The molecule has 0 unspecified atom stereocenters. The minimum Gasteiger partial charge on any atom is -0.325 e. The Labute approximate surface area is 146 Å². The first-order chi connectivity index (χ1) is 11.6. The van der Waals surface area contributed by atoms with Crippen LogP contribution in [0.15, 0.2) is 59.8 Å². The molecule has 0 bridgehead atoms. The zero-order chi connectivity index (χ0) is 16.9. The first-order valence-electron chi connectivity index (χ1n) is 8.06. The number of nitrogens with zero attached hydrogens (tertiary/aromatic N) is 2. The molecule has 2 aromatic carbocycles. The van der Waals surface area contributed by atoms with Gasteiger partial charge in [-0.05, 0) is 30.2 Å². The maximum Gasteiger partial charge on any atom is 0.244 e. The Bertz CT molecular complexity index is 827. The van der Waals surface area contributed by atoms with E-state index in [1.165, 1.54) is 0 Å². The van der Waals surface area contributed by atoms with Crippen LogP contribution in [0.1, 0.15) is 13.8 Å². The van der Waals surface area contributed by atoms with Crippen LogP contribution in [0.2, 0.25) is 0 Å². The molecule has 1 amide bonds. The van der Waals surface area contributed by atoms with E-state index in [9.17, 15) is 4.79 Å². The van der Waals surface area contributed by atoms with E-state index in [4.69, 9.17) is 4.98 Å². The summed E-state index contributed by atoms with van der Waals surface area (Å²) < 4.78 is 2.00. The molecule has 5 heteroatoms. The average Bonchev–Trinajstić information content (AvgIpc) is 2.91. The van der Waals surface area contributed by atoms with E-state index in [1.54, 1.807) is 11.8 Å². The zero-order valence-electron chi connectivity index (χ0n) is 13.9. The number of carbonyl (C=O) groups excluding carboxylic acids is 1. The van der Waals surface area contributed by atoms with Gasteiger partial charge in [0.2, 0.25) is 5.91 Å². The standard InChI is InChI=1S/C19H21N3OS/c1-14(2)13-24-19-21-16-10-6-7-11-17(16)22(19)12-18(23)20-15-8-4-3-5-9-15/h3-11,14H,12-13H2,1-2H3,(H,20,23). The number of fused-ring (bicyclic) bond motifs is 1. The summed E-state index contributed by atoms with van der Waals surface area (Å²) in [5, 5.41) is 3.84. The molecule has 0 aliphatic rings. The Kier molecular flexibility index (Phi) is 5.20. The molecule has 3 rings (SSSR count). The van der Waals surface area contributed by atoms with E-state index < -0.39 is 0 Å². The second-order valence-electron chi connectivity index (χ2n) is 6.09. The van der Waals surface area contributed by atoms with Crippen LogP contribution in [0.4, 0.5) is 5.69 Å². The minimum atomic E-state index is -0.0456. The maximum atomic E-state index is 12.4. The summed E-state index contributed by atoms with van der Waals surface area (Å²) in [6.07, 6.45) is 0. The number of amides is 1. The summed E-state index contributed by atoms with van der Waals surface area (Å²) in [5.41, 5.74) is 2.73. The van der Waals surface area contributed by atoms with Crippen molar-refractivity contribution in [1.82, 2.24) is 9.55 Å². The number of rotatable bonds is 6. The lowest BCUT2D eigenvalue weighted by atomic mass is 10.3. The second-order valence-corrected chi connectivity index (χ2v) is 7.08. The normalized spacial score (nSPS) is 11.1. The second kappa shape index (κ2) is 7.53. The highest BCUT2D eigenvalue weighted by Crippen LogP contribution is 2.25. The molecule has 4 nitrogen and oxygen atoms in total. The highest BCUT2D eigenvalue weighted by Gasteiger charge is 2.14. The van der Waals surface area contributed by atoms with Gasteiger partial charge >= 0.3 is 0 Å². The van der Waals surface area contributed by atoms with Crippen molar-refractivity contribution in [2.24, 2.45) is 5.92 Å². The smallest absolute Gasteiger partial charge is 0.244 e. The van der Waals surface area contributed by atoms with Crippen LogP contribution in [-0.2, 0) is 11.3 Å². The first kappa shape index (κ1) is 16.6. The maximum absolute atomic E-state index is 12.4. The molecule has 0 saturated carbocycles. The molecule has 24 heavy (non-hydrogen) atoms. The number of imidazole rings is 1. The van der Waals surface area contributed by atoms with Crippen molar-refractivity contribution in [3.05, 3.63) is 54.6 Å². The average molecular weight is 339 g/mol. The minimum absolute atomic E-state index is 0.0456. The number of benzene rings is 2. The van der Waals surface area contributed by atoms with Crippen molar-refractivity contribution in [2.75, 3.05) is 11.1 Å². The summed E-state index contributed by atoms with van der Waals surface area (Å²) in [4.78, 5) is 17.1. The Morgan fingerprint density at radius 1 is 1.12 bits per heavy atom. The molecule has 0 radical (unpaired) electrons. The van der Waals surface area contributed by atoms with Gasteiger partial charge in [0.25, 0.3) is 0 Å². The summed E-state index contributed by atoms with van der Waals surface area (Å²) in [5.74, 6) is 1.50. The Morgan fingerprint density at radius 3 is 2.58 bits per heavy atom. The number of thioether (sulfide) groups is 1. The first-order valence-corrected chi connectivity index (χ1v) is 9.05. The number of anilines is 1. The summed E-state index contributed by atoms with van der Waals surface area (Å²) in [6, 6.07) is 17.5. The van der Waals surface area contributed by atoms with Crippen molar-refractivity contribution in [2.45, 2.75) is 25.5 Å². The van der Waals surface area contributed by atoms with Gasteiger partial charge in [-0.1, -0.05) is 55.9 Å². The molecule has 124 valence electrons.